The van der Waals surface area contributed by atoms with Crippen molar-refractivity contribution >= 4 is 5.78 Å². The fourth-order valence-corrected chi connectivity index (χ4v) is 3.31. The molecule has 0 bridgehead atoms. The molecular weight excluding hydrogens is 304 g/mol. The summed E-state index contributed by atoms with van der Waals surface area (Å²) >= 11 is 0. The van der Waals surface area contributed by atoms with Gasteiger partial charge in [0.25, 0.3) is 0 Å². The molecule has 1 unspecified atom stereocenters. The summed E-state index contributed by atoms with van der Waals surface area (Å²) in [5.41, 5.74) is 3.20. The van der Waals surface area contributed by atoms with E-state index in [0.717, 1.165) is 25.0 Å². The van der Waals surface area contributed by atoms with Gasteiger partial charge in [-0.15, -0.1) is 0 Å². The van der Waals surface area contributed by atoms with Crippen molar-refractivity contribution < 1.29 is 19.0 Å². The fourth-order valence-electron chi connectivity index (χ4n) is 3.31. The second-order valence-corrected chi connectivity index (χ2v) is 6.01. The van der Waals surface area contributed by atoms with Gasteiger partial charge in [-0.3, -0.25) is 4.79 Å². The minimum atomic E-state index is 0.00370. The molecule has 3 rings (SSSR count). The zero-order valence-electron chi connectivity index (χ0n) is 14.3. The number of ether oxygens (including phenoxy) is 3. The topological polar surface area (TPSA) is 44.8 Å². The summed E-state index contributed by atoms with van der Waals surface area (Å²) in [5, 5.41) is 0. The van der Waals surface area contributed by atoms with Gasteiger partial charge in [-0.05, 0) is 60.7 Å². The van der Waals surface area contributed by atoms with E-state index in [1.165, 1.54) is 11.1 Å². The van der Waals surface area contributed by atoms with Crippen LogP contribution in [0.1, 0.15) is 27.9 Å². The highest BCUT2D eigenvalue weighted by molar-refractivity contribution is 5.98. The molecule has 24 heavy (non-hydrogen) atoms. The van der Waals surface area contributed by atoms with Crippen molar-refractivity contribution in [2.24, 2.45) is 5.92 Å². The number of rotatable bonds is 5. The van der Waals surface area contributed by atoms with Crippen LogP contribution in [0.25, 0.3) is 0 Å². The van der Waals surface area contributed by atoms with Crippen LogP contribution in [0.2, 0.25) is 0 Å². The van der Waals surface area contributed by atoms with Crippen LogP contribution in [0.15, 0.2) is 36.4 Å². The number of benzene rings is 2. The molecule has 1 aliphatic carbocycles. The van der Waals surface area contributed by atoms with Gasteiger partial charge in [-0.25, -0.2) is 0 Å². The number of Topliss-reactive ketones (excluding diaryl/α,β-unsaturated/α-hetero) is 1. The van der Waals surface area contributed by atoms with Crippen LogP contribution in [0.5, 0.6) is 17.2 Å². The Balaban J connectivity index is 1.81. The lowest BCUT2D eigenvalue weighted by Gasteiger charge is -2.24. The molecule has 0 aromatic heterocycles. The second kappa shape index (κ2) is 6.95. The minimum Gasteiger partial charge on any atom is -0.497 e. The summed E-state index contributed by atoms with van der Waals surface area (Å²) in [6.07, 6.45) is 2.52. The van der Waals surface area contributed by atoms with Gasteiger partial charge in [0.2, 0.25) is 0 Å². The lowest BCUT2D eigenvalue weighted by atomic mass is 9.80. The molecule has 0 heterocycles. The number of hydrogen-bond donors (Lipinski definition) is 0. The average molecular weight is 326 g/mol. The molecule has 0 aliphatic heterocycles. The van der Waals surface area contributed by atoms with E-state index >= 15 is 0 Å². The molecule has 0 N–H and O–H groups in total. The monoisotopic (exact) mass is 326 g/mol. The summed E-state index contributed by atoms with van der Waals surface area (Å²) < 4.78 is 15.8. The Bertz CT molecular complexity index is 751. The maximum absolute atomic E-state index is 12.9. The van der Waals surface area contributed by atoms with E-state index in [1.54, 1.807) is 33.5 Å². The van der Waals surface area contributed by atoms with Crippen LogP contribution in [0, 0.1) is 5.92 Å². The lowest BCUT2D eigenvalue weighted by Crippen LogP contribution is -2.23. The van der Waals surface area contributed by atoms with Crippen LogP contribution in [-0.4, -0.2) is 27.1 Å². The molecular formula is C20H22O4. The summed E-state index contributed by atoms with van der Waals surface area (Å²) in [6.45, 7) is 0. The normalized spacial score (nSPS) is 16.2. The van der Waals surface area contributed by atoms with E-state index in [-0.39, 0.29) is 11.7 Å². The van der Waals surface area contributed by atoms with Crippen molar-refractivity contribution in [2.45, 2.75) is 19.3 Å². The Hall–Kier alpha value is -2.49. The van der Waals surface area contributed by atoms with Gasteiger partial charge in [0.15, 0.2) is 17.3 Å². The van der Waals surface area contributed by atoms with Gasteiger partial charge in [0, 0.05) is 11.5 Å². The quantitative estimate of drug-likeness (QED) is 0.786. The summed E-state index contributed by atoms with van der Waals surface area (Å²) in [4.78, 5) is 12.9. The Morgan fingerprint density at radius 3 is 2.42 bits per heavy atom. The van der Waals surface area contributed by atoms with Crippen molar-refractivity contribution in [3.05, 3.63) is 53.1 Å². The van der Waals surface area contributed by atoms with Crippen molar-refractivity contribution in [1.82, 2.24) is 0 Å². The lowest BCUT2D eigenvalue weighted by molar-refractivity contribution is 0.0908. The predicted octanol–water partition coefficient (Wildman–Crippen LogP) is 3.70. The van der Waals surface area contributed by atoms with Crippen LogP contribution in [-0.2, 0) is 12.8 Å². The number of ketones is 1. The number of fused-ring (bicyclic) bond motifs is 1. The van der Waals surface area contributed by atoms with Crippen LogP contribution in [0.3, 0.4) is 0 Å². The number of methoxy groups -OCH3 is 3. The average Bonchev–Trinajstić information content (AvgIpc) is 2.65. The number of aryl methyl sites for hydroxylation is 1. The zero-order chi connectivity index (χ0) is 17.1. The summed E-state index contributed by atoms with van der Waals surface area (Å²) in [6, 6.07) is 11.5. The van der Waals surface area contributed by atoms with Crippen LogP contribution in [0.4, 0.5) is 0 Å². The van der Waals surface area contributed by atoms with E-state index in [0.29, 0.717) is 17.1 Å². The molecule has 1 atom stereocenters. The number of carbonyl (C=O) groups is 1. The summed E-state index contributed by atoms with van der Waals surface area (Å²) in [7, 11) is 4.84. The molecule has 2 aromatic carbocycles. The van der Waals surface area contributed by atoms with Crippen molar-refractivity contribution in [1.29, 1.82) is 0 Å². The highest BCUT2D eigenvalue weighted by atomic mass is 16.5. The molecule has 0 saturated carbocycles. The van der Waals surface area contributed by atoms with E-state index in [4.69, 9.17) is 14.2 Å². The first-order valence-electron chi connectivity index (χ1n) is 8.08. The third-order valence-electron chi connectivity index (χ3n) is 4.68. The van der Waals surface area contributed by atoms with Gasteiger partial charge in [-0.1, -0.05) is 6.07 Å². The third kappa shape index (κ3) is 3.09. The van der Waals surface area contributed by atoms with E-state index in [2.05, 4.69) is 12.1 Å². The smallest absolute Gasteiger partial charge is 0.166 e. The number of carbonyl (C=O) groups excluding carboxylic acids is 1. The Morgan fingerprint density at radius 1 is 0.917 bits per heavy atom. The first kappa shape index (κ1) is 16.4. The highest BCUT2D eigenvalue weighted by Gasteiger charge is 2.26. The molecule has 0 spiro atoms. The maximum atomic E-state index is 12.9. The second-order valence-electron chi connectivity index (χ2n) is 6.01. The SMILES string of the molecule is COc1ccc2c(c1)CCC(C(=O)c1ccc(OC)c(OC)c1)C2. The molecule has 0 amide bonds. The molecule has 4 nitrogen and oxygen atoms in total. The minimum absolute atomic E-state index is 0.00370. The molecule has 0 radical (unpaired) electrons. The van der Waals surface area contributed by atoms with Crippen LogP contribution < -0.4 is 14.2 Å². The Kier molecular flexibility index (Phi) is 4.74. The van der Waals surface area contributed by atoms with E-state index < -0.39 is 0 Å². The summed E-state index contributed by atoms with van der Waals surface area (Å²) in [5.74, 6) is 2.26. The third-order valence-corrected chi connectivity index (χ3v) is 4.68. The zero-order valence-corrected chi connectivity index (χ0v) is 14.3. The molecule has 4 heteroatoms. The molecule has 126 valence electrons. The maximum Gasteiger partial charge on any atom is 0.166 e. The van der Waals surface area contributed by atoms with Gasteiger partial charge < -0.3 is 14.2 Å². The van der Waals surface area contributed by atoms with Crippen molar-refractivity contribution in [3.8, 4) is 17.2 Å². The molecule has 2 aromatic rings. The van der Waals surface area contributed by atoms with Gasteiger partial charge in [0.1, 0.15) is 5.75 Å². The Morgan fingerprint density at radius 2 is 1.71 bits per heavy atom. The molecule has 0 saturated heterocycles. The number of hydrogen-bond acceptors (Lipinski definition) is 4. The molecule has 0 fully saturated rings. The van der Waals surface area contributed by atoms with Crippen LogP contribution >= 0.6 is 0 Å². The van der Waals surface area contributed by atoms with Gasteiger partial charge in [-0.2, -0.15) is 0 Å². The Labute approximate surface area is 142 Å². The predicted molar refractivity (Wildman–Crippen MR) is 92.4 cm³/mol. The first-order valence-corrected chi connectivity index (χ1v) is 8.08. The van der Waals surface area contributed by atoms with Crippen molar-refractivity contribution in [3.63, 3.8) is 0 Å². The molecule has 1 aliphatic rings. The van der Waals surface area contributed by atoms with Gasteiger partial charge in [0.05, 0.1) is 21.3 Å². The van der Waals surface area contributed by atoms with E-state index in [9.17, 15) is 4.79 Å². The van der Waals surface area contributed by atoms with E-state index in [1.807, 2.05) is 12.1 Å². The van der Waals surface area contributed by atoms with Gasteiger partial charge >= 0.3 is 0 Å². The first-order chi connectivity index (χ1) is 11.7. The largest absolute Gasteiger partial charge is 0.497 e. The van der Waals surface area contributed by atoms with Crippen molar-refractivity contribution in [2.75, 3.05) is 21.3 Å². The standard InChI is InChI=1S/C20H22O4/c1-22-17-8-6-13-10-15(5-4-14(13)11-17)20(21)16-7-9-18(23-2)19(12-16)24-3/h6-9,11-12,15H,4-5,10H2,1-3H3. The highest BCUT2D eigenvalue weighted by Crippen LogP contribution is 2.33. The fraction of sp³-hybridized carbons (Fsp3) is 0.350.